The second-order valence-electron chi connectivity index (χ2n) is 10.2. The van der Waals surface area contributed by atoms with Gasteiger partial charge in [0, 0.05) is 43.7 Å². The molecular formula is C25H31F2N5O. The van der Waals surface area contributed by atoms with Crippen LogP contribution < -0.4 is 10.9 Å². The van der Waals surface area contributed by atoms with Crippen molar-refractivity contribution in [3.8, 4) is 0 Å². The van der Waals surface area contributed by atoms with E-state index in [0.717, 1.165) is 16.5 Å². The first kappa shape index (κ1) is 23.3. The predicted octanol–water partition coefficient (Wildman–Crippen LogP) is 4.85. The molecule has 1 N–H and O–H groups in total. The minimum atomic E-state index is -2.57. The maximum atomic E-state index is 13.4. The molecule has 1 aromatic carbocycles. The molecule has 1 saturated heterocycles. The van der Waals surface area contributed by atoms with Gasteiger partial charge in [0.2, 0.25) is 5.95 Å². The summed E-state index contributed by atoms with van der Waals surface area (Å²) in [7, 11) is 0. The summed E-state index contributed by atoms with van der Waals surface area (Å²) in [6.07, 6.45) is 1.66. The molecule has 0 spiro atoms. The van der Waals surface area contributed by atoms with Crippen LogP contribution in [-0.2, 0) is 13.1 Å². The topological polar surface area (TPSA) is 63.1 Å². The quantitative estimate of drug-likeness (QED) is 0.576. The molecule has 6 nitrogen and oxygen atoms in total. The summed E-state index contributed by atoms with van der Waals surface area (Å²) in [5.41, 5.74) is 2.50. The molecule has 3 heterocycles. The molecule has 0 radical (unpaired) electrons. The monoisotopic (exact) mass is 455 g/mol. The molecule has 0 saturated carbocycles. The van der Waals surface area contributed by atoms with Crippen LogP contribution in [0.25, 0.3) is 11.0 Å². The Labute approximate surface area is 192 Å². The van der Waals surface area contributed by atoms with Gasteiger partial charge in [-0.1, -0.05) is 45.0 Å². The van der Waals surface area contributed by atoms with Gasteiger partial charge in [0.25, 0.3) is 11.5 Å². The summed E-state index contributed by atoms with van der Waals surface area (Å²) in [4.78, 5) is 23.4. The number of halogens is 2. The number of likely N-dealkylation sites (tertiary alicyclic amines) is 1. The SMILES string of the molecule is C[C@H](Nc1ncc2ccc(=O)n(CC(C)(C)C)c2n1)c1ccc(CN2CCC(F)(F)C2)cc1. The Kier molecular flexibility index (Phi) is 6.22. The Balaban J connectivity index is 1.49. The van der Waals surface area contributed by atoms with E-state index >= 15 is 0 Å². The summed E-state index contributed by atoms with van der Waals surface area (Å²) in [6, 6.07) is 11.2. The fourth-order valence-electron chi connectivity index (χ4n) is 4.16. The van der Waals surface area contributed by atoms with Gasteiger partial charge in [0.05, 0.1) is 12.6 Å². The molecule has 33 heavy (non-hydrogen) atoms. The van der Waals surface area contributed by atoms with Crippen LogP contribution in [0.2, 0.25) is 0 Å². The van der Waals surface area contributed by atoms with Crippen LogP contribution in [0.1, 0.15) is 51.3 Å². The van der Waals surface area contributed by atoms with Crippen molar-refractivity contribution in [2.24, 2.45) is 5.41 Å². The molecule has 176 valence electrons. The van der Waals surface area contributed by atoms with E-state index in [9.17, 15) is 13.6 Å². The molecule has 0 unspecified atom stereocenters. The van der Waals surface area contributed by atoms with E-state index in [1.165, 1.54) is 0 Å². The number of rotatable bonds is 6. The molecule has 4 rings (SSSR count). The summed E-state index contributed by atoms with van der Waals surface area (Å²) in [6.45, 7) is 9.59. The molecule has 0 bridgehead atoms. The van der Waals surface area contributed by atoms with Crippen molar-refractivity contribution in [2.45, 2.75) is 59.2 Å². The van der Waals surface area contributed by atoms with Gasteiger partial charge in [-0.05, 0) is 29.5 Å². The molecule has 1 atom stereocenters. The van der Waals surface area contributed by atoms with Crippen LogP contribution in [0, 0.1) is 5.41 Å². The molecule has 0 aliphatic carbocycles. The third kappa shape index (κ3) is 5.74. The average molecular weight is 456 g/mol. The van der Waals surface area contributed by atoms with Crippen LogP contribution in [0.5, 0.6) is 0 Å². The number of pyridine rings is 1. The summed E-state index contributed by atoms with van der Waals surface area (Å²) >= 11 is 0. The third-order valence-corrected chi connectivity index (χ3v) is 5.84. The Morgan fingerprint density at radius 1 is 1.15 bits per heavy atom. The summed E-state index contributed by atoms with van der Waals surface area (Å²) < 4.78 is 28.5. The first-order chi connectivity index (χ1) is 15.5. The van der Waals surface area contributed by atoms with Gasteiger partial charge >= 0.3 is 0 Å². The van der Waals surface area contributed by atoms with Crippen molar-refractivity contribution >= 4 is 17.0 Å². The van der Waals surface area contributed by atoms with E-state index < -0.39 is 5.92 Å². The highest BCUT2D eigenvalue weighted by Crippen LogP contribution is 2.28. The Morgan fingerprint density at radius 3 is 2.52 bits per heavy atom. The largest absolute Gasteiger partial charge is 0.348 e. The van der Waals surface area contributed by atoms with Gasteiger partial charge in [-0.3, -0.25) is 14.3 Å². The average Bonchev–Trinajstić information content (AvgIpc) is 3.08. The number of alkyl halides is 2. The lowest BCUT2D eigenvalue weighted by atomic mass is 9.97. The molecule has 8 heteroatoms. The van der Waals surface area contributed by atoms with Gasteiger partial charge < -0.3 is 5.32 Å². The minimum Gasteiger partial charge on any atom is -0.348 e. The lowest BCUT2D eigenvalue weighted by Gasteiger charge is -2.21. The summed E-state index contributed by atoms with van der Waals surface area (Å²) in [5.74, 6) is -2.12. The van der Waals surface area contributed by atoms with Gasteiger partial charge in [0.15, 0.2) is 0 Å². The van der Waals surface area contributed by atoms with Gasteiger partial charge in [-0.15, -0.1) is 0 Å². The van der Waals surface area contributed by atoms with Crippen molar-refractivity contribution in [2.75, 3.05) is 18.4 Å². The van der Waals surface area contributed by atoms with Crippen LogP contribution in [0.4, 0.5) is 14.7 Å². The fourth-order valence-corrected chi connectivity index (χ4v) is 4.16. The third-order valence-electron chi connectivity index (χ3n) is 5.84. The Hall–Kier alpha value is -2.87. The lowest BCUT2D eigenvalue weighted by molar-refractivity contribution is 0.0115. The van der Waals surface area contributed by atoms with Crippen LogP contribution in [0.3, 0.4) is 0 Å². The number of hydrogen-bond acceptors (Lipinski definition) is 5. The zero-order chi connectivity index (χ0) is 23.8. The van der Waals surface area contributed by atoms with Gasteiger partial charge in [-0.2, -0.15) is 4.98 Å². The van der Waals surface area contributed by atoms with E-state index in [1.54, 1.807) is 27.8 Å². The zero-order valence-electron chi connectivity index (χ0n) is 19.6. The molecular weight excluding hydrogens is 424 g/mol. The number of aromatic nitrogens is 3. The maximum absolute atomic E-state index is 13.4. The van der Waals surface area contributed by atoms with Crippen LogP contribution >= 0.6 is 0 Å². The molecule has 1 fully saturated rings. The molecule has 2 aromatic heterocycles. The van der Waals surface area contributed by atoms with Crippen molar-refractivity contribution in [1.29, 1.82) is 0 Å². The highest BCUT2D eigenvalue weighted by atomic mass is 19.3. The molecule has 0 amide bonds. The number of nitrogens with one attached hydrogen (secondary N) is 1. The van der Waals surface area contributed by atoms with Crippen LogP contribution in [0.15, 0.2) is 47.4 Å². The maximum Gasteiger partial charge on any atom is 0.261 e. The first-order valence-electron chi connectivity index (χ1n) is 11.3. The number of fused-ring (bicyclic) bond motifs is 1. The first-order valence-corrected chi connectivity index (χ1v) is 11.3. The number of nitrogens with zero attached hydrogens (tertiary/aromatic N) is 4. The lowest BCUT2D eigenvalue weighted by Crippen LogP contribution is -2.27. The smallest absolute Gasteiger partial charge is 0.261 e. The molecule has 1 aliphatic heterocycles. The van der Waals surface area contributed by atoms with E-state index in [2.05, 4.69) is 36.1 Å². The second-order valence-corrected chi connectivity index (χ2v) is 10.2. The van der Waals surface area contributed by atoms with E-state index in [4.69, 9.17) is 0 Å². The van der Waals surface area contributed by atoms with E-state index in [-0.39, 0.29) is 30.0 Å². The standard InChI is InChI=1S/C25H31F2N5O/c1-17(19-7-5-18(6-8-19)14-31-12-11-25(26,27)16-31)29-23-28-13-20-9-10-21(33)32(22(20)30-23)15-24(2,3)4/h5-10,13,17H,11-12,14-16H2,1-4H3,(H,28,29,30)/t17-/m0/s1. The second kappa shape index (κ2) is 8.82. The minimum absolute atomic E-state index is 0.0681. The van der Waals surface area contributed by atoms with Crippen molar-refractivity contribution < 1.29 is 8.78 Å². The van der Waals surface area contributed by atoms with Crippen molar-refractivity contribution in [3.63, 3.8) is 0 Å². The van der Waals surface area contributed by atoms with Crippen molar-refractivity contribution in [3.05, 3.63) is 64.1 Å². The number of benzene rings is 1. The van der Waals surface area contributed by atoms with E-state index in [1.807, 2.05) is 31.2 Å². The number of anilines is 1. The number of hydrogen-bond donors (Lipinski definition) is 1. The predicted molar refractivity (Wildman–Crippen MR) is 127 cm³/mol. The highest BCUT2D eigenvalue weighted by Gasteiger charge is 2.37. The molecule has 1 aliphatic rings. The normalized spacial score (nSPS) is 17.4. The van der Waals surface area contributed by atoms with Gasteiger partial charge in [-0.25, -0.2) is 13.8 Å². The van der Waals surface area contributed by atoms with Gasteiger partial charge in [0.1, 0.15) is 5.65 Å². The van der Waals surface area contributed by atoms with E-state index in [0.29, 0.717) is 31.2 Å². The molecule has 3 aromatic rings. The zero-order valence-corrected chi connectivity index (χ0v) is 19.6. The Bertz CT molecular complexity index is 1180. The fraction of sp³-hybridized carbons (Fsp3) is 0.480. The summed E-state index contributed by atoms with van der Waals surface area (Å²) in [5, 5.41) is 4.13. The van der Waals surface area contributed by atoms with Crippen molar-refractivity contribution in [1.82, 2.24) is 19.4 Å². The Morgan fingerprint density at radius 2 is 1.88 bits per heavy atom. The van der Waals surface area contributed by atoms with Crippen LogP contribution in [-0.4, -0.2) is 38.4 Å². The highest BCUT2D eigenvalue weighted by molar-refractivity contribution is 5.75.